The number of para-hydroxylation sites is 2. The molecule has 4 nitrogen and oxygen atoms in total. The fourth-order valence-corrected chi connectivity index (χ4v) is 2.34. The van der Waals surface area contributed by atoms with Crippen LogP contribution in [0, 0.1) is 5.92 Å². The van der Waals surface area contributed by atoms with Crippen LogP contribution < -0.4 is 5.32 Å². The summed E-state index contributed by atoms with van der Waals surface area (Å²) in [6, 6.07) is 15.6. The van der Waals surface area contributed by atoms with E-state index in [0.29, 0.717) is 18.0 Å². The Morgan fingerprint density at radius 1 is 1.14 bits per heavy atom. The normalized spacial score (nSPS) is 11.0. The van der Waals surface area contributed by atoms with E-state index in [1.54, 1.807) is 6.33 Å². The van der Waals surface area contributed by atoms with Crippen LogP contribution in [0.5, 0.6) is 0 Å². The van der Waals surface area contributed by atoms with E-state index in [-0.39, 0.29) is 5.91 Å². The smallest absolute Gasteiger partial charge is 0.251 e. The average Bonchev–Trinajstić information content (AvgIpc) is 2.97. The van der Waals surface area contributed by atoms with Crippen molar-refractivity contribution in [3.8, 4) is 5.69 Å². The van der Waals surface area contributed by atoms with Crippen LogP contribution in [0.25, 0.3) is 16.7 Å². The first-order valence-corrected chi connectivity index (χ1v) is 7.46. The molecule has 2 aromatic carbocycles. The second-order valence-electron chi connectivity index (χ2n) is 5.75. The lowest BCUT2D eigenvalue weighted by Gasteiger charge is -2.09. The van der Waals surface area contributed by atoms with Crippen LogP contribution in [0.3, 0.4) is 0 Å². The zero-order valence-corrected chi connectivity index (χ0v) is 12.8. The van der Waals surface area contributed by atoms with Crippen molar-refractivity contribution in [1.29, 1.82) is 0 Å². The fraction of sp³-hybridized carbons (Fsp3) is 0.222. The summed E-state index contributed by atoms with van der Waals surface area (Å²) in [5.74, 6) is 0.413. The number of hydrogen-bond acceptors (Lipinski definition) is 2. The number of nitrogens with zero attached hydrogens (tertiary/aromatic N) is 2. The van der Waals surface area contributed by atoms with Gasteiger partial charge in [-0.1, -0.05) is 26.0 Å². The van der Waals surface area contributed by atoms with Crippen molar-refractivity contribution >= 4 is 16.9 Å². The molecule has 0 atom stereocenters. The summed E-state index contributed by atoms with van der Waals surface area (Å²) in [6.07, 6.45) is 1.80. The molecule has 3 aromatic rings. The lowest BCUT2D eigenvalue weighted by molar-refractivity contribution is 0.0949. The second kappa shape index (κ2) is 6.02. The van der Waals surface area contributed by atoms with E-state index < -0.39 is 0 Å². The number of hydrogen-bond donors (Lipinski definition) is 1. The Kier molecular flexibility index (Phi) is 3.92. The minimum Gasteiger partial charge on any atom is -0.352 e. The van der Waals surface area contributed by atoms with Crippen LogP contribution in [0.4, 0.5) is 0 Å². The van der Waals surface area contributed by atoms with E-state index >= 15 is 0 Å². The molecule has 0 saturated carbocycles. The van der Waals surface area contributed by atoms with Crippen molar-refractivity contribution in [3.63, 3.8) is 0 Å². The summed E-state index contributed by atoms with van der Waals surface area (Å²) in [7, 11) is 0. The highest BCUT2D eigenvalue weighted by molar-refractivity contribution is 5.94. The standard InChI is InChI=1S/C18H19N3O/c1-13(2)11-19-18(22)14-7-9-15(10-8-14)21-12-20-16-5-3-4-6-17(16)21/h3-10,12-13H,11H2,1-2H3,(H,19,22). The van der Waals surface area contributed by atoms with Crippen molar-refractivity contribution in [2.45, 2.75) is 13.8 Å². The van der Waals surface area contributed by atoms with Crippen LogP contribution in [0.15, 0.2) is 54.9 Å². The maximum absolute atomic E-state index is 12.0. The Bertz CT molecular complexity index is 787. The molecular weight excluding hydrogens is 274 g/mol. The SMILES string of the molecule is CC(C)CNC(=O)c1ccc(-n2cnc3ccccc32)cc1. The van der Waals surface area contributed by atoms with Gasteiger partial charge in [-0.05, 0) is 42.3 Å². The summed E-state index contributed by atoms with van der Waals surface area (Å²) in [5.41, 5.74) is 3.68. The molecule has 0 unspecified atom stereocenters. The highest BCUT2D eigenvalue weighted by Gasteiger charge is 2.07. The summed E-state index contributed by atoms with van der Waals surface area (Å²) < 4.78 is 2.02. The van der Waals surface area contributed by atoms with Gasteiger partial charge in [0.15, 0.2) is 0 Å². The minimum atomic E-state index is -0.0317. The van der Waals surface area contributed by atoms with Gasteiger partial charge in [0.2, 0.25) is 0 Å². The van der Waals surface area contributed by atoms with Crippen molar-refractivity contribution < 1.29 is 4.79 Å². The molecule has 0 bridgehead atoms. The Labute approximate surface area is 129 Å². The maximum Gasteiger partial charge on any atom is 0.251 e. The molecule has 0 saturated heterocycles. The third-order valence-electron chi connectivity index (χ3n) is 3.53. The van der Waals surface area contributed by atoms with Gasteiger partial charge in [-0.15, -0.1) is 0 Å². The van der Waals surface area contributed by atoms with Gasteiger partial charge in [0.1, 0.15) is 6.33 Å². The van der Waals surface area contributed by atoms with Gasteiger partial charge < -0.3 is 5.32 Å². The van der Waals surface area contributed by atoms with E-state index in [1.807, 2.05) is 53.1 Å². The van der Waals surface area contributed by atoms with Crippen LogP contribution in [-0.4, -0.2) is 22.0 Å². The van der Waals surface area contributed by atoms with Crippen molar-refractivity contribution in [2.75, 3.05) is 6.54 Å². The lowest BCUT2D eigenvalue weighted by Crippen LogP contribution is -2.27. The zero-order valence-electron chi connectivity index (χ0n) is 12.8. The molecule has 1 amide bonds. The first-order chi connectivity index (χ1) is 10.6. The highest BCUT2D eigenvalue weighted by Crippen LogP contribution is 2.18. The molecule has 0 spiro atoms. The minimum absolute atomic E-state index is 0.0317. The topological polar surface area (TPSA) is 46.9 Å². The molecule has 0 aliphatic rings. The van der Waals surface area contributed by atoms with Crippen LogP contribution in [0.1, 0.15) is 24.2 Å². The van der Waals surface area contributed by atoms with Gasteiger partial charge in [0.25, 0.3) is 5.91 Å². The van der Waals surface area contributed by atoms with E-state index in [0.717, 1.165) is 16.7 Å². The number of imidazole rings is 1. The maximum atomic E-state index is 12.0. The van der Waals surface area contributed by atoms with E-state index in [4.69, 9.17) is 0 Å². The summed E-state index contributed by atoms with van der Waals surface area (Å²) in [5, 5.41) is 2.92. The first kappa shape index (κ1) is 14.3. The lowest BCUT2D eigenvalue weighted by atomic mass is 10.1. The third kappa shape index (κ3) is 2.86. The zero-order chi connectivity index (χ0) is 15.5. The Balaban J connectivity index is 1.84. The second-order valence-corrected chi connectivity index (χ2v) is 5.75. The molecule has 1 N–H and O–H groups in total. The summed E-state index contributed by atoms with van der Waals surface area (Å²) >= 11 is 0. The predicted molar refractivity (Wildman–Crippen MR) is 88.2 cm³/mol. The summed E-state index contributed by atoms with van der Waals surface area (Å²) in [6.45, 7) is 4.84. The van der Waals surface area contributed by atoms with Gasteiger partial charge in [-0.2, -0.15) is 0 Å². The van der Waals surface area contributed by atoms with Crippen LogP contribution >= 0.6 is 0 Å². The molecule has 4 heteroatoms. The monoisotopic (exact) mass is 293 g/mol. The number of carbonyl (C=O) groups is 1. The summed E-state index contributed by atoms with van der Waals surface area (Å²) in [4.78, 5) is 16.4. The number of benzene rings is 2. The quantitative estimate of drug-likeness (QED) is 0.801. The average molecular weight is 293 g/mol. The number of rotatable bonds is 4. The van der Waals surface area contributed by atoms with Crippen molar-refractivity contribution in [2.24, 2.45) is 5.92 Å². The third-order valence-corrected chi connectivity index (χ3v) is 3.53. The molecule has 1 heterocycles. The molecule has 0 aliphatic heterocycles. The number of nitrogens with one attached hydrogen (secondary N) is 1. The van der Waals surface area contributed by atoms with Crippen LogP contribution in [0.2, 0.25) is 0 Å². The van der Waals surface area contributed by atoms with Gasteiger partial charge in [-0.3, -0.25) is 9.36 Å². The number of carbonyl (C=O) groups excluding carboxylic acids is 1. The molecule has 112 valence electrons. The molecule has 0 fully saturated rings. The van der Waals surface area contributed by atoms with Gasteiger partial charge in [0, 0.05) is 17.8 Å². The molecular formula is C18H19N3O. The highest BCUT2D eigenvalue weighted by atomic mass is 16.1. The fourth-order valence-electron chi connectivity index (χ4n) is 2.34. The van der Waals surface area contributed by atoms with Crippen LogP contribution in [-0.2, 0) is 0 Å². The molecule has 3 rings (SSSR count). The van der Waals surface area contributed by atoms with Gasteiger partial charge >= 0.3 is 0 Å². The van der Waals surface area contributed by atoms with E-state index in [2.05, 4.69) is 24.1 Å². The number of aromatic nitrogens is 2. The first-order valence-electron chi connectivity index (χ1n) is 7.46. The van der Waals surface area contributed by atoms with Crippen molar-refractivity contribution in [3.05, 3.63) is 60.4 Å². The Hall–Kier alpha value is -2.62. The van der Waals surface area contributed by atoms with E-state index in [9.17, 15) is 4.79 Å². The molecule has 0 aliphatic carbocycles. The van der Waals surface area contributed by atoms with Crippen molar-refractivity contribution in [1.82, 2.24) is 14.9 Å². The predicted octanol–water partition coefficient (Wildman–Crippen LogP) is 3.41. The molecule has 0 radical (unpaired) electrons. The molecule has 1 aromatic heterocycles. The van der Waals surface area contributed by atoms with E-state index in [1.165, 1.54) is 0 Å². The largest absolute Gasteiger partial charge is 0.352 e. The van der Waals surface area contributed by atoms with Gasteiger partial charge in [-0.25, -0.2) is 4.98 Å². The molecule has 22 heavy (non-hydrogen) atoms. The Morgan fingerprint density at radius 2 is 1.86 bits per heavy atom. The number of amides is 1. The van der Waals surface area contributed by atoms with Gasteiger partial charge in [0.05, 0.1) is 11.0 Å². The Morgan fingerprint density at radius 3 is 2.59 bits per heavy atom. The number of fused-ring (bicyclic) bond motifs is 1.